The third-order valence-corrected chi connectivity index (χ3v) is 4.04. The molecule has 2 N–H and O–H groups in total. The van der Waals surface area contributed by atoms with Crippen molar-refractivity contribution in [2.24, 2.45) is 4.99 Å². The number of hydrogen-bond acceptors (Lipinski definition) is 5. The Morgan fingerprint density at radius 1 is 1.67 bits per heavy atom. The van der Waals surface area contributed by atoms with Gasteiger partial charge in [-0.1, -0.05) is 6.92 Å². The van der Waals surface area contributed by atoms with Crippen LogP contribution >= 0.6 is 12.2 Å². The van der Waals surface area contributed by atoms with E-state index in [1.165, 1.54) is 6.21 Å². The summed E-state index contributed by atoms with van der Waals surface area (Å²) in [7, 11) is 0. The predicted molar refractivity (Wildman–Crippen MR) is 84.0 cm³/mol. The second-order valence-corrected chi connectivity index (χ2v) is 5.64. The quantitative estimate of drug-likeness (QED) is 0.645. The summed E-state index contributed by atoms with van der Waals surface area (Å²) in [5, 5.41) is 10.3. The number of H-pyrrole nitrogens is 1. The average molecular weight is 311 g/mol. The highest BCUT2D eigenvalue weighted by molar-refractivity contribution is 7.71. The third-order valence-electron chi connectivity index (χ3n) is 3.74. The summed E-state index contributed by atoms with van der Waals surface area (Å²) in [6, 6.07) is -0.000310. The summed E-state index contributed by atoms with van der Waals surface area (Å²) in [6.45, 7) is 5.19. The Balaban J connectivity index is 2.28. The molecule has 2 rings (SSSR count). The summed E-state index contributed by atoms with van der Waals surface area (Å²) in [6.07, 6.45) is 4.34. The third kappa shape index (κ3) is 3.59. The van der Waals surface area contributed by atoms with E-state index >= 15 is 0 Å². The zero-order chi connectivity index (χ0) is 15.4. The second kappa shape index (κ2) is 7.00. The number of nitrogens with zero attached hydrogens (tertiary/aromatic N) is 2. The largest absolute Gasteiger partial charge is 0.494 e. The number of nitrogens with one attached hydrogen (secondary N) is 1. The minimum absolute atomic E-state index is 0.000310. The molecular weight excluding hydrogens is 290 g/mol. The highest BCUT2D eigenvalue weighted by Gasteiger charge is 2.16. The second-order valence-electron chi connectivity index (χ2n) is 5.25. The lowest BCUT2D eigenvalue weighted by Crippen LogP contribution is -2.20. The van der Waals surface area contributed by atoms with E-state index < -0.39 is 5.56 Å². The highest BCUT2D eigenvalue weighted by Crippen LogP contribution is 2.20. The fraction of sp³-hybridized carbons (Fsp3) is 0.643. The minimum atomic E-state index is -0.423. The maximum absolute atomic E-state index is 11.9. The van der Waals surface area contributed by atoms with Gasteiger partial charge in [-0.05, 0) is 38.4 Å². The predicted octanol–water partition coefficient (Wildman–Crippen LogP) is 2.18. The van der Waals surface area contributed by atoms with Gasteiger partial charge in [0.2, 0.25) is 5.88 Å². The maximum atomic E-state index is 11.9. The standard InChI is InChI=1S/C14H21N3O3S/c1-3-9(2)17-13(19)11(12(18)16-14(17)21)8-15-7-10-5-4-6-20-10/h8-10,19H,3-7H2,1-2H3,(H,16,18,21)/t9-,10+/m0/s1. The molecule has 1 aliphatic rings. The Hall–Kier alpha value is -1.47. The molecule has 1 fully saturated rings. The molecule has 0 bridgehead atoms. The van der Waals surface area contributed by atoms with Gasteiger partial charge in [-0.2, -0.15) is 0 Å². The number of ether oxygens (including phenoxy) is 1. The molecule has 0 aliphatic carbocycles. The molecule has 0 radical (unpaired) electrons. The van der Waals surface area contributed by atoms with E-state index in [0.717, 1.165) is 25.9 Å². The molecule has 1 aliphatic heterocycles. The van der Waals surface area contributed by atoms with Crippen molar-refractivity contribution in [2.75, 3.05) is 13.2 Å². The van der Waals surface area contributed by atoms with Gasteiger partial charge in [0.25, 0.3) is 5.56 Å². The van der Waals surface area contributed by atoms with Crippen LogP contribution in [0.3, 0.4) is 0 Å². The van der Waals surface area contributed by atoms with Crippen molar-refractivity contribution in [2.45, 2.75) is 45.3 Å². The van der Waals surface area contributed by atoms with E-state index in [4.69, 9.17) is 17.0 Å². The minimum Gasteiger partial charge on any atom is -0.494 e. The van der Waals surface area contributed by atoms with E-state index in [1.54, 1.807) is 4.57 Å². The molecule has 0 saturated carbocycles. The Bertz CT molecular complexity index is 629. The van der Waals surface area contributed by atoms with Crippen molar-refractivity contribution in [3.63, 3.8) is 0 Å². The Labute approximate surface area is 128 Å². The number of rotatable bonds is 5. The number of aromatic hydroxyl groups is 1. The van der Waals surface area contributed by atoms with Gasteiger partial charge in [0.1, 0.15) is 5.56 Å². The van der Waals surface area contributed by atoms with Crippen LogP contribution in [0.4, 0.5) is 0 Å². The Kier molecular flexibility index (Phi) is 5.30. The van der Waals surface area contributed by atoms with Gasteiger partial charge in [0.15, 0.2) is 4.77 Å². The molecule has 2 heterocycles. The van der Waals surface area contributed by atoms with Crippen LogP contribution in [0.5, 0.6) is 5.88 Å². The zero-order valence-electron chi connectivity index (χ0n) is 12.3. The van der Waals surface area contributed by atoms with Crippen LogP contribution in [0, 0.1) is 4.77 Å². The number of aliphatic imine (C=N–C) groups is 1. The van der Waals surface area contributed by atoms with Gasteiger partial charge in [0.05, 0.1) is 12.6 Å². The van der Waals surface area contributed by atoms with Crippen molar-refractivity contribution >= 4 is 18.4 Å². The topological polar surface area (TPSA) is 79.6 Å². The highest BCUT2D eigenvalue weighted by atomic mass is 32.1. The van der Waals surface area contributed by atoms with Crippen LogP contribution in [-0.4, -0.2) is 40.1 Å². The van der Waals surface area contributed by atoms with Crippen LogP contribution < -0.4 is 5.56 Å². The smallest absolute Gasteiger partial charge is 0.264 e. The zero-order valence-corrected chi connectivity index (χ0v) is 13.2. The van der Waals surface area contributed by atoms with Gasteiger partial charge in [-0.3, -0.25) is 19.3 Å². The lowest BCUT2D eigenvalue weighted by Gasteiger charge is -2.16. The molecule has 0 aromatic carbocycles. The first-order valence-corrected chi connectivity index (χ1v) is 7.64. The summed E-state index contributed by atoms with van der Waals surface area (Å²) in [4.78, 5) is 18.7. The van der Waals surface area contributed by atoms with Crippen LogP contribution in [0.15, 0.2) is 9.79 Å². The summed E-state index contributed by atoms with van der Waals surface area (Å²) in [5.41, 5.74) is -0.282. The molecule has 7 heteroatoms. The number of aromatic amines is 1. The van der Waals surface area contributed by atoms with Crippen molar-refractivity contribution in [1.29, 1.82) is 0 Å². The first-order valence-electron chi connectivity index (χ1n) is 7.23. The maximum Gasteiger partial charge on any atom is 0.264 e. The van der Waals surface area contributed by atoms with Crippen LogP contribution in [0.25, 0.3) is 0 Å². The molecule has 0 unspecified atom stereocenters. The van der Waals surface area contributed by atoms with Gasteiger partial charge in [-0.25, -0.2) is 0 Å². The van der Waals surface area contributed by atoms with E-state index in [2.05, 4.69) is 9.98 Å². The number of aromatic nitrogens is 2. The van der Waals surface area contributed by atoms with Gasteiger partial charge < -0.3 is 9.84 Å². The van der Waals surface area contributed by atoms with Gasteiger partial charge in [-0.15, -0.1) is 0 Å². The molecule has 1 aromatic heterocycles. The first kappa shape index (κ1) is 15.9. The average Bonchev–Trinajstić information content (AvgIpc) is 2.95. The molecule has 1 saturated heterocycles. The lowest BCUT2D eigenvalue weighted by molar-refractivity contribution is 0.118. The summed E-state index contributed by atoms with van der Waals surface area (Å²) in [5.74, 6) is -0.130. The lowest BCUT2D eigenvalue weighted by atomic mass is 10.2. The molecular formula is C14H21N3O3S. The van der Waals surface area contributed by atoms with E-state index in [9.17, 15) is 9.90 Å². The molecule has 0 amide bonds. The van der Waals surface area contributed by atoms with Crippen LogP contribution in [0.2, 0.25) is 0 Å². The fourth-order valence-electron chi connectivity index (χ4n) is 2.31. The summed E-state index contributed by atoms with van der Waals surface area (Å²) < 4.78 is 7.24. The van der Waals surface area contributed by atoms with E-state index in [1.807, 2.05) is 13.8 Å². The molecule has 1 aromatic rings. The van der Waals surface area contributed by atoms with Crippen molar-refractivity contribution in [3.05, 3.63) is 20.7 Å². The van der Waals surface area contributed by atoms with Crippen LogP contribution in [0.1, 0.15) is 44.7 Å². The Morgan fingerprint density at radius 2 is 2.43 bits per heavy atom. The molecule has 2 atom stereocenters. The fourth-order valence-corrected chi connectivity index (χ4v) is 2.67. The number of hydrogen-bond donors (Lipinski definition) is 2. The monoisotopic (exact) mass is 311 g/mol. The van der Waals surface area contributed by atoms with Crippen LogP contribution in [-0.2, 0) is 4.74 Å². The van der Waals surface area contributed by atoms with Crippen molar-refractivity contribution in [3.8, 4) is 5.88 Å². The molecule has 0 spiro atoms. The van der Waals surface area contributed by atoms with Gasteiger partial charge >= 0.3 is 0 Å². The van der Waals surface area contributed by atoms with Gasteiger partial charge in [0, 0.05) is 18.9 Å². The Morgan fingerprint density at radius 3 is 3.05 bits per heavy atom. The molecule has 6 nitrogen and oxygen atoms in total. The molecule has 116 valence electrons. The van der Waals surface area contributed by atoms with E-state index in [-0.39, 0.29) is 28.4 Å². The van der Waals surface area contributed by atoms with Crippen molar-refractivity contribution in [1.82, 2.24) is 9.55 Å². The molecule has 21 heavy (non-hydrogen) atoms. The summed E-state index contributed by atoms with van der Waals surface area (Å²) >= 11 is 5.11. The van der Waals surface area contributed by atoms with E-state index in [0.29, 0.717) is 6.54 Å². The van der Waals surface area contributed by atoms with Crippen molar-refractivity contribution < 1.29 is 9.84 Å². The SMILES string of the molecule is CC[C@H](C)n1c(O)c(C=NC[C@H]2CCCO2)c(=O)[nH]c1=S. The normalized spacial score (nSPS) is 20.2. The first-order chi connectivity index (χ1) is 10.0.